The summed E-state index contributed by atoms with van der Waals surface area (Å²) in [7, 11) is 0. The van der Waals surface area contributed by atoms with Crippen LogP contribution in [0.3, 0.4) is 0 Å². The first-order valence-electron chi connectivity index (χ1n) is 15.6. The highest BCUT2D eigenvalue weighted by Crippen LogP contribution is 2.32. The van der Waals surface area contributed by atoms with Crippen LogP contribution in [0.1, 0.15) is 90.7 Å². The molecule has 0 saturated carbocycles. The Balaban J connectivity index is 1.70. The van der Waals surface area contributed by atoms with E-state index in [2.05, 4.69) is 106 Å². The summed E-state index contributed by atoms with van der Waals surface area (Å²) in [6.07, 6.45) is 16.8. The smallest absolute Gasteiger partial charge is 0.188 e. The Labute approximate surface area is 257 Å². The second-order valence-electron chi connectivity index (χ2n) is 10.9. The van der Waals surface area contributed by atoms with E-state index >= 15 is 0 Å². The molecule has 0 bridgehead atoms. The quantitative estimate of drug-likeness (QED) is 0.0944. The molecule has 42 heavy (non-hydrogen) atoms. The minimum absolute atomic E-state index is 0.161. The first-order valence-corrected chi connectivity index (χ1v) is 16.4. The van der Waals surface area contributed by atoms with Crippen molar-refractivity contribution in [3.8, 4) is 0 Å². The van der Waals surface area contributed by atoms with Crippen LogP contribution in [0.2, 0.25) is 0 Å². The molecule has 0 spiro atoms. The number of hydrogen-bond acceptors (Lipinski definition) is 5. The molecule has 224 valence electrons. The highest BCUT2D eigenvalue weighted by atomic mass is 32.1. The largest absolute Gasteiger partial charge is 0.393 e. The van der Waals surface area contributed by atoms with Gasteiger partial charge in [0.15, 0.2) is 5.13 Å². The van der Waals surface area contributed by atoms with Crippen LogP contribution < -0.4 is 5.32 Å². The molecule has 2 aromatic carbocycles. The molecule has 1 unspecified atom stereocenters. The van der Waals surface area contributed by atoms with Crippen molar-refractivity contribution in [2.75, 3.05) is 11.9 Å². The molecule has 2 N–H and O–H groups in total. The van der Waals surface area contributed by atoms with Crippen molar-refractivity contribution >= 4 is 43.7 Å². The van der Waals surface area contributed by atoms with E-state index in [0.29, 0.717) is 6.54 Å². The van der Waals surface area contributed by atoms with Gasteiger partial charge in [-0.05, 0) is 100 Å². The summed E-state index contributed by atoms with van der Waals surface area (Å²) >= 11 is 1.66. The molecule has 1 heterocycles. The van der Waals surface area contributed by atoms with Gasteiger partial charge >= 0.3 is 0 Å². The summed E-state index contributed by atoms with van der Waals surface area (Å²) in [5, 5.41) is 14.1. The van der Waals surface area contributed by atoms with E-state index in [4.69, 9.17) is 9.98 Å². The minimum Gasteiger partial charge on any atom is -0.393 e. The predicted molar refractivity (Wildman–Crippen MR) is 186 cm³/mol. The fourth-order valence-corrected chi connectivity index (χ4v) is 5.77. The first-order chi connectivity index (χ1) is 20.4. The lowest BCUT2D eigenvalue weighted by molar-refractivity contribution is 0.157. The number of rotatable bonds is 17. The number of aromatic nitrogens is 1. The molecule has 0 aliphatic heterocycles. The molecular formula is C37H49N3OS. The molecule has 3 aromatic rings. The Bertz CT molecular complexity index is 1410. The van der Waals surface area contributed by atoms with Gasteiger partial charge in [-0.15, -0.1) is 0 Å². The lowest BCUT2D eigenvalue weighted by atomic mass is 9.95. The average molecular weight is 584 g/mol. The van der Waals surface area contributed by atoms with Gasteiger partial charge in [0.25, 0.3) is 0 Å². The van der Waals surface area contributed by atoms with Crippen molar-refractivity contribution in [1.82, 2.24) is 4.98 Å². The number of fused-ring (bicyclic) bond motifs is 1. The minimum atomic E-state index is -0.161. The summed E-state index contributed by atoms with van der Waals surface area (Å²) in [5.74, 6) is 0. The SMILES string of the molecule is C=C(/C=C\C=C(\C)CCCC)C(=NCC)/C(=C\C)c1ccc2nc(Nc3ccc(CCCCC(O)CC)cc3)sc2c1. The summed E-state index contributed by atoms with van der Waals surface area (Å²) in [4.78, 5) is 9.68. The van der Waals surface area contributed by atoms with Crippen LogP contribution in [0, 0.1) is 0 Å². The van der Waals surface area contributed by atoms with E-state index in [1.807, 2.05) is 6.92 Å². The van der Waals surface area contributed by atoms with Gasteiger partial charge in [0.1, 0.15) is 0 Å². The van der Waals surface area contributed by atoms with Crippen LogP contribution in [0.5, 0.6) is 0 Å². The van der Waals surface area contributed by atoms with Crippen molar-refractivity contribution in [3.63, 3.8) is 0 Å². The topological polar surface area (TPSA) is 57.5 Å². The number of nitrogens with zero attached hydrogens (tertiary/aromatic N) is 2. The van der Waals surface area contributed by atoms with Gasteiger partial charge < -0.3 is 10.4 Å². The fourth-order valence-electron chi connectivity index (χ4n) is 4.84. The molecule has 0 saturated heterocycles. The number of unbranched alkanes of at least 4 members (excludes halogenated alkanes) is 2. The van der Waals surface area contributed by atoms with Gasteiger partial charge in [0, 0.05) is 17.8 Å². The van der Waals surface area contributed by atoms with Gasteiger partial charge in [0.05, 0.1) is 22.0 Å². The third kappa shape index (κ3) is 10.2. The van der Waals surface area contributed by atoms with Crippen molar-refractivity contribution in [2.24, 2.45) is 4.99 Å². The number of aryl methyl sites for hydroxylation is 1. The number of benzene rings is 2. The van der Waals surface area contributed by atoms with Crippen LogP contribution in [0.4, 0.5) is 10.8 Å². The lowest BCUT2D eigenvalue weighted by Gasteiger charge is -2.12. The van der Waals surface area contributed by atoms with Crippen LogP contribution in [0.15, 0.2) is 89.5 Å². The summed E-state index contributed by atoms with van der Waals surface area (Å²) in [6, 6.07) is 15.0. The monoisotopic (exact) mass is 583 g/mol. The first kappa shape index (κ1) is 33.2. The zero-order chi connectivity index (χ0) is 30.3. The molecule has 0 aliphatic carbocycles. The van der Waals surface area contributed by atoms with Crippen LogP contribution in [-0.4, -0.2) is 28.5 Å². The Morgan fingerprint density at radius 3 is 2.57 bits per heavy atom. The highest BCUT2D eigenvalue weighted by Gasteiger charge is 2.13. The standard InChI is InChI=1S/C37H49N3OS/c1-7-11-15-27(5)16-14-17-28(6)36(38-10-4)33(9-3)30-22-25-34-35(26-30)42-37(40-34)39-31-23-20-29(21-24-31)18-12-13-19-32(41)8-2/h9,14,16-17,20-26,32,41H,6-8,10-13,15,18-19H2,1-5H3,(H,39,40)/b17-14-,27-16-,33-9-,38-36?. The zero-order valence-electron chi connectivity index (χ0n) is 26.2. The molecule has 0 aliphatic rings. The van der Waals surface area contributed by atoms with E-state index in [0.717, 1.165) is 82.0 Å². The molecule has 3 rings (SSSR count). The molecular weight excluding hydrogens is 534 g/mol. The molecule has 1 atom stereocenters. The average Bonchev–Trinajstić information content (AvgIpc) is 3.40. The third-order valence-corrected chi connectivity index (χ3v) is 8.33. The Hall–Kier alpha value is -3.28. The number of aliphatic hydroxyl groups is 1. The summed E-state index contributed by atoms with van der Waals surface area (Å²) in [5.41, 5.74) is 8.77. The lowest BCUT2D eigenvalue weighted by Crippen LogP contribution is -2.05. The van der Waals surface area contributed by atoms with Crippen LogP contribution >= 0.6 is 11.3 Å². The number of nitrogens with one attached hydrogen (secondary N) is 1. The maximum Gasteiger partial charge on any atom is 0.188 e. The van der Waals surface area contributed by atoms with E-state index in [-0.39, 0.29) is 6.10 Å². The number of anilines is 2. The van der Waals surface area contributed by atoms with Crippen molar-refractivity contribution in [3.05, 3.63) is 95.6 Å². The fraction of sp³-hybridized carbons (Fsp3) is 0.405. The Kier molecular flexibility index (Phi) is 13.9. The van der Waals surface area contributed by atoms with E-state index in [9.17, 15) is 5.11 Å². The molecule has 0 radical (unpaired) electrons. The maximum atomic E-state index is 9.74. The Morgan fingerprint density at radius 2 is 1.88 bits per heavy atom. The molecule has 4 nitrogen and oxygen atoms in total. The van der Waals surface area contributed by atoms with Gasteiger partial charge in [-0.3, -0.25) is 4.99 Å². The second kappa shape index (κ2) is 17.6. The molecule has 0 amide bonds. The molecule has 1 aromatic heterocycles. The number of allylic oxidation sites excluding steroid dienone is 7. The van der Waals surface area contributed by atoms with Crippen LogP contribution in [0.25, 0.3) is 15.8 Å². The van der Waals surface area contributed by atoms with Crippen molar-refractivity contribution in [1.29, 1.82) is 0 Å². The maximum absolute atomic E-state index is 9.74. The number of thiazole rings is 1. The van der Waals surface area contributed by atoms with Crippen molar-refractivity contribution in [2.45, 2.75) is 92.1 Å². The predicted octanol–water partition coefficient (Wildman–Crippen LogP) is 10.6. The van der Waals surface area contributed by atoms with Gasteiger partial charge in [0.2, 0.25) is 0 Å². The Morgan fingerprint density at radius 1 is 1.10 bits per heavy atom. The van der Waals surface area contributed by atoms with Gasteiger partial charge in [-0.1, -0.05) is 92.7 Å². The normalized spacial score (nSPS) is 13.7. The van der Waals surface area contributed by atoms with Gasteiger partial charge in [-0.25, -0.2) is 4.98 Å². The second-order valence-corrected chi connectivity index (χ2v) is 11.9. The molecule has 0 fully saturated rings. The number of aliphatic hydroxyl groups excluding tert-OH is 1. The third-order valence-electron chi connectivity index (χ3n) is 7.40. The number of hydrogen-bond donors (Lipinski definition) is 2. The number of aliphatic imine (C=N–C) groups is 1. The van der Waals surface area contributed by atoms with E-state index in [1.165, 1.54) is 24.0 Å². The highest BCUT2D eigenvalue weighted by molar-refractivity contribution is 7.22. The molecule has 5 heteroatoms. The van der Waals surface area contributed by atoms with Crippen molar-refractivity contribution < 1.29 is 5.11 Å². The zero-order valence-corrected chi connectivity index (χ0v) is 27.1. The van der Waals surface area contributed by atoms with Crippen LogP contribution in [-0.2, 0) is 6.42 Å². The summed E-state index contributed by atoms with van der Waals surface area (Å²) < 4.78 is 1.13. The van der Waals surface area contributed by atoms with E-state index < -0.39 is 0 Å². The summed E-state index contributed by atoms with van der Waals surface area (Å²) in [6.45, 7) is 15.6. The van der Waals surface area contributed by atoms with E-state index in [1.54, 1.807) is 11.3 Å². The van der Waals surface area contributed by atoms with Gasteiger partial charge in [-0.2, -0.15) is 0 Å².